The van der Waals surface area contributed by atoms with Gasteiger partial charge in [0.1, 0.15) is 4.88 Å². The summed E-state index contributed by atoms with van der Waals surface area (Å²) in [7, 11) is 0. The highest BCUT2D eigenvalue weighted by molar-refractivity contribution is 7.16. The Bertz CT molecular complexity index is 749. The van der Waals surface area contributed by atoms with Crippen LogP contribution >= 0.6 is 11.3 Å². The second-order valence-corrected chi connectivity index (χ2v) is 6.43. The molecule has 2 rings (SSSR count). The Balaban J connectivity index is 1.89. The van der Waals surface area contributed by atoms with Crippen molar-refractivity contribution in [3.05, 3.63) is 40.7 Å². The molecule has 2 amide bonds. The van der Waals surface area contributed by atoms with Crippen LogP contribution < -0.4 is 10.6 Å². The smallest absolute Gasteiger partial charge is 0.321 e. The number of anilines is 1. The van der Waals surface area contributed by atoms with Crippen LogP contribution in [0.2, 0.25) is 0 Å². The molecule has 0 aliphatic heterocycles. The highest BCUT2D eigenvalue weighted by Gasteiger charge is 2.10. The first-order valence-corrected chi connectivity index (χ1v) is 8.96. The van der Waals surface area contributed by atoms with Gasteiger partial charge in [-0.25, -0.2) is 9.78 Å². The lowest BCUT2D eigenvalue weighted by Gasteiger charge is -2.13. The van der Waals surface area contributed by atoms with Crippen molar-refractivity contribution >= 4 is 22.5 Å². The van der Waals surface area contributed by atoms with Gasteiger partial charge in [-0.3, -0.25) is 10.3 Å². The second-order valence-electron chi connectivity index (χ2n) is 5.44. The predicted molar refractivity (Wildman–Crippen MR) is 99.8 cm³/mol. The van der Waals surface area contributed by atoms with Gasteiger partial charge in [-0.15, -0.1) is 0 Å². The molecule has 0 bridgehead atoms. The van der Waals surface area contributed by atoms with Crippen LogP contribution in [0, 0.1) is 18.8 Å². The van der Waals surface area contributed by atoms with E-state index in [1.165, 1.54) is 11.3 Å². The van der Waals surface area contributed by atoms with E-state index in [4.69, 9.17) is 4.74 Å². The van der Waals surface area contributed by atoms with E-state index in [-0.39, 0.29) is 12.1 Å². The minimum Gasteiger partial charge on any atom is -0.377 e. The lowest BCUT2D eigenvalue weighted by molar-refractivity contribution is 0.0682. The molecular formula is C18H22N4O2S. The number of nitrogens with zero attached hydrogens (tertiary/aromatic N) is 2. The normalized spacial score (nSPS) is 11.3. The number of nitrogens with one attached hydrogen (secondary N) is 2. The molecule has 0 fully saturated rings. The lowest BCUT2D eigenvalue weighted by Crippen LogP contribution is -2.35. The Labute approximate surface area is 152 Å². The molecule has 1 unspecified atom stereocenters. The maximum absolute atomic E-state index is 11.9. The van der Waals surface area contributed by atoms with Crippen LogP contribution in [0.25, 0.3) is 0 Å². The van der Waals surface area contributed by atoms with Gasteiger partial charge in [-0.1, -0.05) is 24.2 Å². The molecule has 132 valence electrons. The number of ether oxygens (including phenoxy) is 1. The number of hydrogen-bond donors (Lipinski definition) is 2. The molecule has 2 aromatic rings. The predicted octanol–water partition coefficient (Wildman–Crippen LogP) is 3.18. The number of thiazole rings is 1. The van der Waals surface area contributed by atoms with Crippen LogP contribution in [0.3, 0.4) is 0 Å². The van der Waals surface area contributed by atoms with Crippen LogP contribution in [-0.4, -0.2) is 35.3 Å². The number of urea groups is 1. The summed E-state index contributed by atoms with van der Waals surface area (Å²) in [5.74, 6) is 6.15. The summed E-state index contributed by atoms with van der Waals surface area (Å²) < 4.78 is 5.51. The molecule has 0 saturated carbocycles. The van der Waals surface area contributed by atoms with E-state index < -0.39 is 0 Å². The number of aromatic nitrogens is 2. The molecule has 0 aromatic carbocycles. The molecule has 2 aromatic heterocycles. The quantitative estimate of drug-likeness (QED) is 0.778. The second kappa shape index (κ2) is 9.77. The fourth-order valence-corrected chi connectivity index (χ4v) is 2.70. The van der Waals surface area contributed by atoms with Crippen LogP contribution in [0.4, 0.5) is 9.93 Å². The summed E-state index contributed by atoms with van der Waals surface area (Å²) in [5, 5.41) is 6.04. The van der Waals surface area contributed by atoms with Crippen molar-refractivity contribution in [1.82, 2.24) is 15.3 Å². The summed E-state index contributed by atoms with van der Waals surface area (Å²) in [6.45, 7) is 6.99. The molecule has 0 radical (unpaired) electrons. The number of amides is 2. The van der Waals surface area contributed by atoms with Crippen LogP contribution in [0.1, 0.15) is 36.4 Å². The molecule has 2 heterocycles. The Kier molecular flexibility index (Phi) is 7.38. The molecule has 0 aliphatic carbocycles. The summed E-state index contributed by atoms with van der Waals surface area (Å²) in [6, 6.07) is 3.39. The lowest BCUT2D eigenvalue weighted by atomic mass is 10.2. The topological polar surface area (TPSA) is 76.1 Å². The van der Waals surface area contributed by atoms with Gasteiger partial charge >= 0.3 is 6.03 Å². The molecule has 7 heteroatoms. The number of aryl methyl sites for hydroxylation is 1. The summed E-state index contributed by atoms with van der Waals surface area (Å²) in [4.78, 5) is 21.1. The maximum Gasteiger partial charge on any atom is 0.321 e. The zero-order chi connectivity index (χ0) is 18.1. The Morgan fingerprint density at radius 1 is 1.36 bits per heavy atom. The molecule has 6 nitrogen and oxygen atoms in total. The van der Waals surface area contributed by atoms with Crippen molar-refractivity contribution in [2.45, 2.75) is 33.3 Å². The van der Waals surface area contributed by atoms with E-state index in [1.54, 1.807) is 12.4 Å². The van der Waals surface area contributed by atoms with Gasteiger partial charge in [-0.2, -0.15) is 0 Å². The highest BCUT2D eigenvalue weighted by Crippen LogP contribution is 2.21. The molecule has 2 N–H and O–H groups in total. The van der Waals surface area contributed by atoms with Crippen LogP contribution in [-0.2, 0) is 4.74 Å². The van der Waals surface area contributed by atoms with E-state index in [0.717, 1.165) is 22.6 Å². The fourth-order valence-electron chi connectivity index (χ4n) is 1.89. The van der Waals surface area contributed by atoms with Gasteiger partial charge in [0.05, 0.1) is 11.8 Å². The van der Waals surface area contributed by atoms with Crippen molar-refractivity contribution in [3.8, 4) is 11.8 Å². The van der Waals surface area contributed by atoms with Gasteiger partial charge in [0.2, 0.25) is 0 Å². The molecule has 0 saturated heterocycles. The summed E-state index contributed by atoms with van der Waals surface area (Å²) in [6.07, 6.45) is 4.33. The maximum atomic E-state index is 11.9. The first kappa shape index (κ1) is 18.9. The van der Waals surface area contributed by atoms with Gasteiger partial charge in [0.15, 0.2) is 5.13 Å². The number of carbonyl (C=O) groups excluding carboxylic acids is 1. The molecule has 0 spiro atoms. The largest absolute Gasteiger partial charge is 0.377 e. The Morgan fingerprint density at radius 2 is 2.12 bits per heavy atom. The zero-order valence-corrected chi connectivity index (χ0v) is 15.4. The van der Waals surface area contributed by atoms with Crippen LogP contribution in [0.5, 0.6) is 0 Å². The third kappa shape index (κ3) is 6.53. The number of pyridine rings is 1. The van der Waals surface area contributed by atoms with Crippen molar-refractivity contribution in [3.63, 3.8) is 0 Å². The van der Waals surface area contributed by atoms with Gasteiger partial charge < -0.3 is 10.1 Å². The summed E-state index contributed by atoms with van der Waals surface area (Å²) in [5.41, 5.74) is 1.68. The third-order valence-corrected chi connectivity index (χ3v) is 4.16. The van der Waals surface area contributed by atoms with Gasteiger partial charge in [-0.05, 0) is 38.3 Å². The monoisotopic (exact) mass is 358 g/mol. The highest BCUT2D eigenvalue weighted by atomic mass is 32.1. The fraction of sp³-hybridized carbons (Fsp3) is 0.389. The number of hydrogen-bond acceptors (Lipinski definition) is 5. The van der Waals surface area contributed by atoms with Crippen LogP contribution in [0.15, 0.2) is 24.5 Å². The van der Waals surface area contributed by atoms with E-state index in [1.807, 2.05) is 32.9 Å². The SMILES string of the molecule is CCCOC(C)CNC(=O)Nc1nc(C)c(C#Cc2ccncc2)s1. The molecule has 0 aliphatic rings. The molecule has 1 atom stereocenters. The standard InChI is InChI=1S/C18H22N4O2S/c1-4-11-24-13(2)12-20-17(23)22-18-21-14(3)16(25-18)6-5-15-7-9-19-10-8-15/h7-10,13H,4,11-12H2,1-3H3,(H2,20,21,22,23). The average Bonchev–Trinajstić information content (AvgIpc) is 2.96. The van der Waals surface area contributed by atoms with Crippen molar-refractivity contribution < 1.29 is 9.53 Å². The number of carbonyl (C=O) groups is 1. The van der Waals surface area contributed by atoms with Crippen molar-refractivity contribution in [2.75, 3.05) is 18.5 Å². The van der Waals surface area contributed by atoms with E-state index in [9.17, 15) is 4.79 Å². The van der Waals surface area contributed by atoms with E-state index >= 15 is 0 Å². The summed E-state index contributed by atoms with van der Waals surface area (Å²) >= 11 is 1.35. The third-order valence-electron chi connectivity index (χ3n) is 3.17. The minimum absolute atomic E-state index is 0.0227. The first-order valence-electron chi connectivity index (χ1n) is 8.14. The van der Waals surface area contributed by atoms with Crippen molar-refractivity contribution in [2.24, 2.45) is 0 Å². The zero-order valence-electron chi connectivity index (χ0n) is 14.6. The first-order chi connectivity index (χ1) is 12.1. The van der Waals surface area contributed by atoms with Gasteiger partial charge in [0.25, 0.3) is 0 Å². The Morgan fingerprint density at radius 3 is 2.84 bits per heavy atom. The minimum atomic E-state index is -0.297. The molecule has 25 heavy (non-hydrogen) atoms. The van der Waals surface area contributed by atoms with E-state index in [2.05, 4.69) is 32.4 Å². The Hall–Kier alpha value is -2.43. The van der Waals surface area contributed by atoms with Gasteiger partial charge in [0, 0.05) is 31.1 Å². The number of rotatable bonds is 6. The molecular weight excluding hydrogens is 336 g/mol. The van der Waals surface area contributed by atoms with Crippen molar-refractivity contribution in [1.29, 1.82) is 0 Å². The van der Waals surface area contributed by atoms with E-state index in [0.29, 0.717) is 18.3 Å². The average molecular weight is 358 g/mol.